The van der Waals surface area contributed by atoms with Gasteiger partial charge in [-0.3, -0.25) is 4.52 Å². The van der Waals surface area contributed by atoms with Crippen LogP contribution in [0, 0.1) is 0 Å². The van der Waals surface area contributed by atoms with Gasteiger partial charge in [-0.05, 0) is 0 Å². The Balaban J connectivity index is 3.40. The zero-order chi connectivity index (χ0) is 6.62. The minimum atomic E-state index is -4.25. The fourth-order valence-electron chi connectivity index (χ4n) is 0.154. The van der Waals surface area contributed by atoms with Crippen LogP contribution in [-0.4, -0.2) is 6.61 Å². The Morgan fingerprint density at radius 3 is 2.62 bits per heavy atom. The summed E-state index contributed by atoms with van der Waals surface area (Å²) in [7, 11) is -4.25. The van der Waals surface area contributed by atoms with Gasteiger partial charge in [0.15, 0.2) is 0 Å². The van der Waals surface area contributed by atoms with Crippen LogP contribution in [0.4, 0.5) is 4.20 Å². The van der Waals surface area contributed by atoms with E-state index >= 15 is 0 Å². The van der Waals surface area contributed by atoms with Crippen LogP contribution in [0.5, 0.6) is 0 Å². The third-order valence-electron chi connectivity index (χ3n) is 0.368. The van der Waals surface area contributed by atoms with Crippen molar-refractivity contribution in [2.75, 3.05) is 6.61 Å². The van der Waals surface area contributed by atoms with Crippen molar-refractivity contribution in [1.29, 1.82) is 0 Å². The van der Waals surface area contributed by atoms with Crippen molar-refractivity contribution in [2.45, 2.75) is 0 Å². The summed E-state index contributed by atoms with van der Waals surface area (Å²) in [6.07, 6.45) is 1.26. The number of hydrogen-bond acceptors (Lipinski definition) is 2. The highest BCUT2D eigenvalue weighted by molar-refractivity contribution is 7.50. The third-order valence-corrected chi connectivity index (χ3v) is 0.870. The monoisotopic (exact) mass is 139 g/mol. The van der Waals surface area contributed by atoms with E-state index in [1.54, 1.807) is 0 Å². The molecule has 0 saturated carbocycles. The Bertz CT molecular complexity index is 120. The average molecular weight is 139 g/mol. The van der Waals surface area contributed by atoms with Crippen LogP contribution in [0.2, 0.25) is 0 Å². The summed E-state index contributed by atoms with van der Waals surface area (Å²) in [6, 6.07) is 0. The Hall–Kier alpha value is -0.180. The summed E-state index contributed by atoms with van der Waals surface area (Å²) in [5.41, 5.74) is 4.34. The van der Waals surface area contributed by atoms with Crippen LogP contribution in [-0.2, 0) is 9.09 Å². The smallest absolute Gasteiger partial charge is 0.290 e. The highest BCUT2D eigenvalue weighted by atomic mass is 31.2. The molecule has 8 heavy (non-hydrogen) atoms. The Labute approximate surface area is 47.0 Å². The van der Waals surface area contributed by atoms with Crippen LogP contribution in [0.25, 0.3) is 0 Å². The van der Waals surface area contributed by atoms with E-state index in [9.17, 15) is 8.76 Å². The quantitative estimate of drug-likeness (QED) is 0.472. The Morgan fingerprint density at radius 2 is 2.50 bits per heavy atom. The Kier molecular flexibility index (Phi) is 2.90. The summed E-state index contributed by atoms with van der Waals surface area (Å²) < 4.78 is 25.4. The van der Waals surface area contributed by atoms with E-state index in [1.807, 2.05) is 0 Å². The van der Waals surface area contributed by atoms with Gasteiger partial charge in [0.05, 0.1) is 6.61 Å². The summed E-state index contributed by atoms with van der Waals surface area (Å²) in [5.74, 6) is 0. The van der Waals surface area contributed by atoms with Gasteiger partial charge < -0.3 is 0 Å². The van der Waals surface area contributed by atoms with Gasteiger partial charge in [-0.15, -0.1) is 10.8 Å². The minimum Gasteiger partial charge on any atom is -0.290 e. The first-order chi connectivity index (χ1) is 3.56. The summed E-state index contributed by atoms with van der Waals surface area (Å²) >= 11 is 0. The van der Waals surface area contributed by atoms with Gasteiger partial charge in [0.2, 0.25) is 0 Å². The van der Waals surface area contributed by atoms with Gasteiger partial charge in [0, 0.05) is 0 Å². The van der Waals surface area contributed by atoms with Gasteiger partial charge in [-0.25, -0.2) is 10.1 Å². The zero-order valence-corrected chi connectivity index (χ0v) is 5.11. The summed E-state index contributed by atoms with van der Waals surface area (Å²) in [5, 5.41) is 0. The van der Waals surface area contributed by atoms with Gasteiger partial charge >= 0.3 is 7.83 Å². The van der Waals surface area contributed by atoms with Crippen molar-refractivity contribution < 1.29 is 13.3 Å². The maximum atomic E-state index is 11.6. The minimum absolute atomic E-state index is 0.121. The second-order valence-corrected chi connectivity index (χ2v) is 2.41. The molecule has 48 valence electrons. The first-order valence-electron chi connectivity index (χ1n) is 1.90. The van der Waals surface area contributed by atoms with Crippen LogP contribution in [0.1, 0.15) is 0 Å². The molecule has 2 N–H and O–H groups in total. The average Bonchev–Trinajstić information content (AvgIpc) is 1.59. The molecule has 0 amide bonds. The second-order valence-electron chi connectivity index (χ2n) is 1.11. The zero-order valence-electron chi connectivity index (χ0n) is 4.21. The van der Waals surface area contributed by atoms with Gasteiger partial charge in [0.25, 0.3) is 0 Å². The molecule has 0 radical (unpaired) electrons. The molecule has 0 aromatic heterocycles. The molecular weight excluding hydrogens is 132 g/mol. The third kappa shape index (κ3) is 5.82. The van der Waals surface area contributed by atoms with Crippen molar-refractivity contribution in [1.82, 2.24) is 0 Å². The maximum absolute atomic E-state index is 11.6. The molecule has 3 nitrogen and oxygen atoms in total. The van der Waals surface area contributed by atoms with E-state index in [-0.39, 0.29) is 6.61 Å². The molecule has 1 atom stereocenters. The molecule has 0 bridgehead atoms. The normalized spacial score (nSPS) is 17.2. The molecule has 0 aliphatic rings. The standard InChI is InChI=1S/C3H7FNO2P/c1-2-3-7-8(4,5)6/h2H,1,3H2,(H2,5,6). The van der Waals surface area contributed by atoms with E-state index in [1.165, 1.54) is 6.08 Å². The number of rotatable bonds is 3. The lowest BCUT2D eigenvalue weighted by Gasteiger charge is -1.97. The van der Waals surface area contributed by atoms with Crippen molar-refractivity contribution in [3.8, 4) is 0 Å². The molecule has 0 aromatic rings. The molecule has 1 unspecified atom stereocenters. The Morgan fingerprint density at radius 1 is 2.00 bits per heavy atom. The number of hydrogen-bond donors (Lipinski definition) is 1. The summed E-state index contributed by atoms with van der Waals surface area (Å²) in [6.45, 7) is 3.07. The molecule has 0 spiro atoms. The van der Waals surface area contributed by atoms with Gasteiger partial charge in [-0.1, -0.05) is 6.08 Å². The molecule has 5 heteroatoms. The van der Waals surface area contributed by atoms with Crippen LogP contribution < -0.4 is 5.50 Å². The van der Waals surface area contributed by atoms with Crippen molar-refractivity contribution in [3.05, 3.63) is 12.7 Å². The van der Waals surface area contributed by atoms with Crippen LogP contribution in [0.15, 0.2) is 12.7 Å². The lowest BCUT2D eigenvalue weighted by molar-refractivity contribution is 0.321. The lowest BCUT2D eigenvalue weighted by atomic mass is 10.7. The van der Waals surface area contributed by atoms with Crippen LogP contribution in [0.3, 0.4) is 0 Å². The molecule has 0 rings (SSSR count). The van der Waals surface area contributed by atoms with Crippen LogP contribution >= 0.6 is 7.83 Å². The largest absolute Gasteiger partial charge is 0.440 e. The number of halogens is 1. The fraction of sp³-hybridized carbons (Fsp3) is 0.333. The highest BCUT2D eigenvalue weighted by Crippen LogP contribution is 2.38. The predicted octanol–water partition coefficient (Wildman–Crippen LogP) is 1.23. The van der Waals surface area contributed by atoms with E-state index in [0.717, 1.165) is 0 Å². The molecule has 0 aliphatic carbocycles. The van der Waals surface area contributed by atoms with E-state index in [0.29, 0.717) is 0 Å². The topological polar surface area (TPSA) is 52.3 Å². The predicted molar refractivity (Wildman–Crippen MR) is 29.1 cm³/mol. The molecule has 0 aliphatic heterocycles. The lowest BCUT2D eigenvalue weighted by Crippen LogP contribution is -1.93. The first kappa shape index (κ1) is 7.82. The van der Waals surface area contributed by atoms with Gasteiger partial charge in [0.1, 0.15) is 0 Å². The first-order valence-corrected chi connectivity index (χ1v) is 3.48. The highest BCUT2D eigenvalue weighted by Gasteiger charge is 2.11. The summed E-state index contributed by atoms with van der Waals surface area (Å²) in [4.78, 5) is 0. The molecule has 0 aromatic carbocycles. The molecular formula is C3H7FNO2P. The maximum Gasteiger partial charge on any atom is 0.440 e. The van der Waals surface area contributed by atoms with E-state index in [2.05, 4.69) is 16.6 Å². The van der Waals surface area contributed by atoms with E-state index in [4.69, 9.17) is 0 Å². The second kappa shape index (κ2) is 2.97. The van der Waals surface area contributed by atoms with E-state index < -0.39 is 7.83 Å². The van der Waals surface area contributed by atoms with Crippen molar-refractivity contribution in [2.24, 2.45) is 5.50 Å². The SMILES string of the molecule is C=CCOP(N)(=O)F. The molecule has 0 fully saturated rings. The van der Waals surface area contributed by atoms with Crippen molar-refractivity contribution >= 4 is 7.83 Å². The molecule has 0 saturated heterocycles. The number of nitrogens with two attached hydrogens (primary N) is 1. The van der Waals surface area contributed by atoms with Gasteiger partial charge in [-0.2, -0.15) is 0 Å². The molecule has 0 heterocycles. The van der Waals surface area contributed by atoms with Crippen molar-refractivity contribution in [3.63, 3.8) is 0 Å². The fourth-order valence-corrected chi connectivity index (χ4v) is 0.463.